The van der Waals surface area contributed by atoms with Crippen LogP contribution in [0.5, 0.6) is 0 Å². The van der Waals surface area contributed by atoms with Crippen LogP contribution < -0.4 is 0 Å². The molecule has 0 unspecified atom stereocenters. The number of benzene rings is 2. The minimum Gasteiger partial charge on any atom is -0.300 e. The van der Waals surface area contributed by atoms with E-state index in [9.17, 15) is 14.5 Å². The summed E-state index contributed by atoms with van der Waals surface area (Å²) in [6.07, 6.45) is 0. The zero-order chi connectivity index (χ0) is 19.1. The van der Waals surface area contributed by atoms with E-state index in [1.165, 1.54) is 0 Å². The third-order valence-corrected chi connectivity index (χ3v) is 3.88. The number of nitrogens with zero attached hydrogens (tertiary/aromatic N) is 5. The number of non-ortho nitro benzene ring substituents is 1. The van der Waals surface area contributed by atoms with Crippen molar-refractivity contribution in [3.8, 4) is 6.07 Å². The van der Waals surface area contributed by atoms with Gasteiger partial charge in [-0.05, 0) is 30.8 Å². The van der Waals surface area contributed by atoms with Crippen molar-refractivity contribution in [3.63, 3.8) is 0 Å². The van der Waals surface area contributed by atoms with Gasteiger partial charge in [-0.25, -0.2) is 4.39 Å². The van der Waals surface area contributed by atoms with Gasteiger partial charge in [-0.1, -0.05) is 26.0 Å². The maximum Gasteiger partial charge on any atom is 0.273 e. The minimum absolute atomic E-state index is 0.237. The van der Waals surface area contributed by atoms with Crippen LogP contribution in [0.1, 0.15) is 25.0 Å². The number of nitro benzene ring substituents is 1. The molecule has 0 aliphatic carbocycles. The fourth-order valence-electron chi connectivity index (χ4n) is 2.36. The summed E-state index contributed by atoms with van der Waals surface area (Å²) in [6.45, 7) is 6.91. The SMILES string of the molecule is CCN(CC)Cc1ccc(N=Nc2c(F)cc([N+](=O)[O-])cc2C#N)cc1. The Balaban J connectivity index is 2.22. The predicted molar refractivity (Wildman–Crippen MR) is 95.0 cm³/mol. The smallest absolute Gasteiger partial charge is 0.273 e. The van der Waals surface area contributed by atoms with Crippen LogP contribution in [0.3, 0.4) is 0 Å². The van der Waals surface area contributed by atoms with E-state index in [1.807, 2.05) is 12.1 Å². The molecule has 0 saturated heterocycles. The van der Waals surface area contributed by atoms with Gasteiger partial charge >= 0.3 is 0 Å². The maximum absolute atomic E-state index is 14.0. The van der Waals surface area contributed by atoms with Crippen molar-refractivity contribution in [2.45, 2.75) is 20.4 Å². The Morgan fingerprint density at radius 3 is 2.38 bits per heavy atom. The summed E-state index contributed by atoms with van der Waals surface area (Å²) in [6, 6.07) is 10.7. The van der Waals surface area contributed by atoms with Crippen molar-refractivity contribution in [1.82, 2.24) is 4.90 Å². The number of hydrogen-bond acceptors (Lipinski definition) is 6. The third-order valence-electron chi connectivity index (χ3n) is 3.88. The van der Waals surface area contributed by atoms with Crippen LogP contribution in [0.25, 0.3) is 0 Å². The molecule has 0 aromatic heterocycles. The first kappa shape index (κ1) is 19.1. The summed E-state index contributed by atoms with van der Waals surface area (Å²) in [7, 11) is 0. The number of nitriles is 1. The highest BCUT2D eigenvalue weighted by molar-refractivity contribution is 5.59. The molecule has 0 amide bonds. The van der Waals surface area contributed by atoms with Crippen molar-refractivity contribution in [1.29, 1.82) is 5.26 Å². The molecule has 0 radical (unpaired) electrons. The molecule has 2 rings (SSSR count). The molecule has 0 saturated carbocycles. The number of azo groups is 1. The third kappa shape index (κ3) is 4.68. The van der Waals surface area contributed by atoms with Crippen LogP contribution in [-0.2, 0) is 6.54 Å². The average molecular weight is 355 g/mol. The number of nitro groups is 1. The van der Waals surface area contributed by atoms with Crippen LogP contribution in [0.4, 0.5) is 21.5 Å². The molecule has 0 bridgehead atoms. The van der Waals surface area contributed by atoms with E-state index in [-0.39, 0.29) is 11.3 Å². The lowest BCUT2D eigenvalue weighted by atomic mass is 10.1. The standard InChI is InChI=1S/C18H18FN5O2/c1-3-23(4-2)12-13-5-7-15(8-6-13)21-22-18-14(11-20)9-16(24(25)26)10-17(18)19/h5-10H,3-4,12H2,1-2H3. The van der Waals surface area contributed by atoms with Crippen molar-refractivity contribution >= 4 is 17.1 Å². The van der Waals surface area contributed by atoms with E-state index >= 15 is 0 Å². The van der Waals surface area contributed by atoms with E-state index in [1.54, 1.807) is 18.2 Å². The Kier molecular flexibility index (Phi) is 6.47. The van der Waals surface area contributed by atoms with Crippen molar-refractivity contribution in [3.05, 3.63) is 63.5 Å². The quantitative estimate of drug-likeness (QED) is 0.402. The topological polar surface area (TPSA) is 94.9 Å². The van der Waals surface area contributed by atoms with Crippen molar-refractivity contribution in [2.24, 2.45) is 10.2 Å². The van der Waals surface area contributed by atoms with Crippen molar-refractivity contribution < 1.29 is 9.31 Å². The molecule has 2 aromatic rings. The number of rotatable bonds is 7. The van der Waals surface area contributed by atoms with E-state index in [0.29, 0.717) is 5.69 Å². The van der Waals surface area contributed by atoms with E-state index in [4.69, 9.17) is 5.26 Å². The van der Waals surface area contributed by atoms with Gasteiger partial charge in [0.2, 0.25) is 0 Å². The molecule has 0 atom stereocenters. The molecule has 0 aliphatic rings. The molecule has 134 valence electrons. The van der Waals surface area contributed by atoms with Gasteiger partial charge in [0.25, 0.3) is 5.69 Å². The Labute approximate surface area is 150 Å². The van der Waals surface area contributed by atoms with Gasteiger partial charge in [-0.2, -0.15) is 10.4 Å². The lowest BCUT2D eigenvalue weighted by molar-refractivity contribution is -0.385. The predicted octanol–water partition coefficient (Wildman–Crippen LogP) is 4.86. The summed E-state index contributed by atoms with van der Waals surface area (Å²) >= 11 is 0. The van der Waals surface area contributed by atoms with E-state index in [0.717, 1.165) is 37.3 Å². The molecule has 2 aromatic carbocycles. The molecule has 0 fully saturated rings. The van der Waals surface area contributed by atoms with Gasteiger partial charge in [-0.3, -0.25) is 15.0 Å². The molecular weight excluding hydrogens is 337 g/mol. The summed E-state index contributed by atoms with van der Waals surface area (Å²) in [5.41, 5.74) is 0.560. The normalized spacial score (nSPS) is 11.0. The fourth-order valence-corrected chi connectivity index (χ4v) is 2.36. The number of halogens is 1. The van der Waals surface area contributed by atoms with Crippen LogP contribution in [0.2, 0.25) is 0 Å². The average Bonchev–Trinajstić information content (AvgIpc) is 2.65. The monoisotopic (exact) mass is 355 g/mol. The summed E-state index contributed by atoms with van der Waals surface area (Å²) in [4.78, 5) is 12.2. The van der Waals surface area contributed by atoms with Gasteiger partial charge in [0.1, 0.15) is 11.8 Å². The second-order valence-electron chi connectivity index (χ2n) is 5.52. The summed E-state index contributed by atoms with van der Waals surface area (Å²) in [5, 5.41) is 27.5. The molecule has 0 spiro atoms. The first-order valence-electron chi connectivity index (χ1n) is 8.09. The van der Waals surface area contributed by atoms with Gasteiger partial charge < -0.3 is 0 Å². The first-order valence-corrected chi connectivity index (χ1v) is 8.09. The van der Waals surface area contributed by atoms with Crippen LogP contribution >= 0.6 is 0 Å². The molecule has 0 heterocycles. The van der Waals surface area contributed by atoms with Gasteiger partial charge in [0.05, 0.1) is 22.2 Å². The highest BCUT2D eigenvalue weighted by atomic mass is 19.1. The van der Waals surface area contributed by atoms with Crippen LogP contribution in [-0.4, -0.2) is 22.9 Å². The lowest BCUT2D eigenvalue weighted by Gasteiger charge is -2.17. The second kappa shape index (κ2) is 8.78. The van der Waals surface area contributed by atoms with Crippen LogP contribution in [0, 0.1) is 27.3 Å². The molecule has 0 aliphatic heterocycles. The first-order chi connectivity index (χ1) is 12.5. The molecular formula is C18H18FN5O2. The Morgan fingerprint density at radius 2 is 1.85 bits per heavy atom. The molecule has 8 heteroatoms. The van der Waals surface area contributed by atoms with Crippen molar-refractivity contribution in [2.75, 3.05) is 13.1 Å². The summed E-state index contributed by atoms with van der Waals surface area (Å²) in [5.74, 6) is -0.961. The number of hydrogen-bond donors (Lipinski definition) is 0. The molecule has 7 nitrogen and oxygen atoms in total. The Hall–Kier alpha value is -3.18. The van der Waals surface area contributed by atoms with E-state index < -0.39 is 16.4 Å². The lowest BCUT2D eigenvalue weighted by Crippen LogP contribution is -2.21. The highest BCUT2D eigenvalue weighted by Crippen LogP contribution is 2.29. The van der Waals surface area contributed by atoms with Gasteiger partial charge in [-0.15, -0.1) is 5.11 Å². The second-order valence-corrected chi connectivity index (χ2v) is 5.52. The Morgan fingerprint density at radius 1 is 1.19 bits per heavy atom. The maximum atomic E-state index is 14.0. The zero-order valence-corrected chi connectivity index (χ0v) is 14.5. The van der Waals surface area contributed by atoms with Gasteiger partial charge in [0.15, 0.2) is 5.82 Å². The molecule has 26 heavy (non-hydrogen) atoms. The Bertz CT molecular complexity index is 855. The van der Waals surface area contributed by atoms with Gasteiger partial charge in [0, 0.05) is 12.6 Å². The molecule has 0 N–H and O–H groups in total. The zero-order valence-electron chi connectivity index (χ0n) is 14.5. The fraction of sp³-hybridized carbons (Fsp3) is 0.278. The van der Waals surface area contributed by atoms with E-state index in [2.05, 4.69) is 29.0 Å². The highest BCUT2D eigenvalue weighted by Gasteiger charge is 2.16. The summed E-state index contributed by atoms with van der Waals surface area (Å²) < 4.78 is 14.0. The largest absolute Gasteiger partial charge is 0.300 e. The van der Waals surface area contributed by atoms with Crippen LogP contribution in [0.15, 0.2) is 46.6 Å². The minimum atomic E-state index is -0.961.